The predicted molar refractivity (Wildman–Crippen MR) is 81.9 cm³/mol. The van der Waals surface area contributed by atoms with Crippen LogP contribution in [0, 0.1) is 5.92 Å². The third-order valence-corrected chi connectivity index (χ3v) is 4.71. The van der Waals surface area contributed by atoms with Gasteiger partial charge in [0.05, 0.1) is 11.9 Å². The lowest BCUT2D eigenvalue weighted by atomic mass is 9.85. The number of aromatic nitrogens is 2. The van der Waals surface area contributed by atoms with Gasteiger partial charge in [-0.05, 0) is 19.3 Å². The van der Waals surface area contributed by atoms with Crippen molar-refractivity contribution in [1.82, 2.24) is 14.7 Å². The molecule has 1 aliphatic carbocycles. The maximum atomic E-state index is 12.6. The van der Waals surface area contributed by atoms with Gasteiger partial charge in [0.2, 0.25) is 5.91 Å². The molecule has 2 heterocycles. The Morgan fingerprint density at radius 1 is 1.29 bits per heavy atom. The van der Waals surface area contributed by atoms with Crippen LogP contribution in [-0.4, -0.2) is 52.8 Å². The van der Waals surface area contributed by atoms with E-state index in [1.165, 1.54) is 0 Å². The summed E-state index contributed by atoms with van der Waals surface area (Å²) in [7, 11) is 1.93. The van der Waals surface area contributed by atoms with Crippen LogP contribution in [0.25, 0.3) is 0 Å². The highest BCUT2D eigenvalue weighted by atomic mass is 16.2. The maximum absolute atomic E-state index is 12.6. The second-order valence-corrected chi connectivity index (χ2v) is 6.31. The molecular weight excluding hydrogens is 266 g/mol. The maximum Gasteiger partial charge on any atom is 0.225 e. The number of nitrogens with two attached hydrogens (primary N) is 1. The molecule has 2 N–H and O–H groups in total. The molecule has 0 radical (unpaired) electrons. The van der Waals surface area contributed by atoms with Crippen LogP contribution in [0.2, 0.25) is 0 Å². The highest BCUT2D eigenvalue weighted by Crippen LogP contribution is 2.26. The third kappa shape index (κ3) is 3.20. The zero-order valence-corrected chi connectivity index (χ0v) is 12.7. The zero-order chi connectivity index (χ0) is 14.8. The van der Waals surface area contributed by atoms with Crippen molar-refractivity contribution in [2.24, 2.45) is 18.7 Å². The van der Waals surface area contributed by atoms with Crippen molar-refractivity contribution < 1.29 is 4.79 Å². The summed E-state index contributed by atoms with van der Waals surface area (Å²) in [5, 5.41) is 4.21. The molecule has 0 spiro atoms. The minimum Gasteiger partial charge on any atom is -0.365 e. The van der Waals surface area contributed by atoms with E-state index in [0.29, 0.717) is 5.91 Å². The molecule has 0 bridgehead atoms. The molecule has 2 fully saturated rings. The Bertz CT molecular complexity index is 492. The Hall–Kier alpha value is -1.56. The number of piperazine rings is 1. The average molecular weight is 291 g/mol. The fourth-order valence-electron chi connectivity index (χ4n) is 3.47. The van der Waals surface area contributed by atoms with E-state index >= 15 is 0 Å². The zero-order valence-electron chi connectivity index (χ0n) is 12.7. The van der Waals surface area contributed by atoms with Gasteiger partial charge in [0.1, 0.15) is 0 Å². The van der Waals surface area contributed by atoms with Gasteiger partial charge in [0, 0.05) is 51.4 Å². The van der Waals surface area contributed by atoms with Crippen molar-refractivity contribution in [2.75, 3.05) is 31.1 Å². The molecule has 0 unspecified atom stereocenters. The van der Waals surface area contributed by atoms with Gasteiger partial charge in [-0.3, -0.25) is 9.48 Å². The first-order chi connectivity index (χ1) is 10.1. The molecule has 6 heteroatoms. The monoisotopic (exact) mass is 291 g/mol. The normalized spacial score (nSPS) is 27.0. The van der Waals surface area contributed by atoms with E-state index in [-0.39, 0.29) is 12.0 Å². The van der Waals surface area contributed by atoms with Gasteiger partial charge in [-0.2, -0.15) is 5.10 Å². The number of amides is 1. The van der Waals surface area contributed by atoms with Crippen molar-refractivity contribution in [3.05, 3.63) is 12.4 Å². The number of hydrogen-bond donors (Lipinski definition) is 1. The lowest BCUT2D eigenvalue weighted by Crippen LogP contribution is -2.51. The summed E-state index contributed by atoms with van der Waals surface area (Å²) in [6.07, 6.45) is 7.94. The van der Waals surface area contributed by atoms with Gasteiger partial charge >= 0.3 is 0 Å². The topological polar surface area (TPSA) is 67.4 Å². The minimum absolute atomic E-state index is 0.152. The highest BCUT2D eigenvalue weighted by Gasteiger charge is 2.30. The summed E-state index contributed by atoms with van der Waals surface area (Å²) in [6, 6.07) is 0.212. The molecule has 1 aromatic heterocycles. The Balaban J connectivity index is 1.54. The van der Waals surface area contributed by atoms with Crippen molar-refractivity contribution in [2.45, 2.75) is 31.7 Å². The largest absolute Gasteiger partial charge is 0.365 e. The summed E-state index contributed by atoms with van der Waals surface area (Å²) in [5.41, 5.74) is 7.15. The van der Waals surface area contributed by atoms with Crippen LogP contribution < -0.4 is 10.6 Å². The number of hydrogen-bond acceptors (Lipinski definition) is 4. The second kappa shape index (κ2) is 6.05. The van der Waals surface area contributed by atoms with Gasteiger partial charge in [-0.1, -0.05) is 6.42 Å². The van der Waals surface area contributed by atoms with E-state index in [4.69, 9.17) is 5.73 Å². The van der Waals surface area contributed by atoms with E-state index < -0.39 is 0 Å². The Morgan fingerprint density at radius 2 is 2.05 bits per heavy atom. The molecule has 1 saturated heterocycles. The fourth-order valence-corrected chi connectivity index (χ4v) is 3.47. The number of carbonyl (C=O) groups excluding carboxylic acids is 1. The van der Waals surface area contributed by atoms with Gasteiger partial charge < -0.3 is 15.5 Å². The molecule has 1 saturated carbocycles. The smallest absolute Gasteiger partial charge is 0.225 e. The summed E-state index contributed by atoms with van der Waals surface area (Å²) in [4.78, 5) is 16.9. The summed E-state index contributed by atoms with van der Waals surface area (Å²) in [5.74, 6) is 0.467. The van der Waals surface area contributed by atoms with Crippen molar-refractivity contribution in [1.29, 1.82) is 0 Å². The molecule has 2 aliphatic rings. The molecular formula is C15H25N5O. The molecule has 1 aromatic rings. The number of carbonyl (C=O) groups is 1. The van der Waals surface area contributed by atoms with Crippen LogP contribution in [0.4, 0.5) is 5.69 Å². The number of aryl methyl sites for hydroxylation is 1. The van der Waals surface area contributed by atoms with E-state index in [9.17, 15) is 4.79 Å². The van der Waals surface area contributed by atoms with E-state index in [1.807, 2.05) is 29.0 Å². The van der Waals surface area contributed by atoms with Crippen LogP contribution in [0.5, 0.6) is 0 Å². The number of nitrogens with zero attached hydrogens (tertiary/aromatic N) is 4. The van der Waals surface area contributed by atoms with Gasteiger partial charge in [0.25, 0.3) is 0 Å². The molecule has 1 aliphatic heterocycles. The number of rotatable bonds is 2. The fraction of sp³-hybridized carbons (Fsp3) is 0.733. The Labute approximate surface area is 125 Å². The molecule has 3 rings (SSSR count). The quantitative estimate of drug-likeness (QED) is 0.866. The highest BCUT2D eigenvalue weighted by molar-refractivity contribution is 5.79. The molecule has 6 nitrogen and oxygen atoms in total. The standard InChI is InChI=1S/C15H25N5O/c1-18-11-14(10-17-18)19-5-7-20(8-6-19)15(21)12-3-2-4-13(16)9-12/h10-13H,2-9,16H2,1H3/t12-,13+/m1/s1. The van der Waals surface area contributed by atoms with Crippen LogP contribution in [-0.2, 0) is 11.8 Å². The van der Waals surface area contributed by atoms with E-state index in [1.54, 1.807) is 0 Å². The first-order valence-electron chi connectivity index (χ1n) is 7.91. The van der Waals surface area contributed by atoms with Crippen LogP contribution in [0.1, 0.15) is 25.7 Å². The van der Waals surface area contributed by atoms with Gasteiger partial charge in [-0.25, -0.2) is 0 Å². The number of anilines is 1. The van der Waals surface area contributed by atoms with Crippen molar-refractivity contribution in [3.63, 3.8) is 0 Å². The van der Waals surface area contributed by atoms with E-state index in [0.717, 1.165) is 57.5 Å². The van der Waals surface area contributed by atoms with Crippen molar-refractivity contribution >= 4 is 11.6 Å². The van der Waals surface area contributed by atoms with Crippen LogP contribution in [0.15, 0.2) is 12.4 Å². The first-order valence-corrected chi connectivity index (χ1v) is 7.91. The average Bonchev–Trinajstić information content (AvgIpc) is 2.93. The lowest BCUT2D eigenvalue weighted by molar-refractivity contribution is -0.137. The molecule has 21 heavy (non-hydrogen) atoms. The van der Waals surface area contributed by atoms with Crippen LogP contribution in [0.3, 0.4) is 0 Å². The lowest BCUT2D eigenvalue weighted by Gasteiger charge is -2.38. The summed E-state index contributed by atoms with van der Waals surface area (Å²) < 4.78 is 1.82. The van der Waals surface area contributed by atoms with Gasteiger partial charge in [0.15, 0.2) is 0 Å². The Morgan fingerprint density at radius 3 is 2.67 bits per heavy atom. The van der Waals surface area contributed by atoms with Crippen LogP contribution >= 0.6 is 0 Å². The predicted octanol–water partition coefficient (Wildman–Crippen LogP) is 0.586. The van der Waals surface area contributed by atoms with E-state index in [2.05, 4.69) is 10.00 Å². The van der Waals surface area contributed by atoms with Gasteiger partial charge in [-0.15, -0.1) is 0 Å². The molecule has 2 atom stereocenters. The first kappa shape index (κ1) is 14.4. The third-order valence-electron chi connectivity index (χ3n) is 4.71. The molecule has 116 valence electrons. The summed E-state index contributed by atoms with van der Waals surface area (Å²) in [6.45, 7) is 3.38. The molecule has 1 amide bonds. The summed E-state index contributed by atoms with van der Waals surface area (Å²) >= 11 is 0. The SMILES string of the molecule is Cn1cc(N2CCN(C(=O)[C@@H]3CCC[C@H](N)C3)CC2)cn1. The Kier molecular flexibility index (Phi) is 4.14. The minimum atomic E-state index is 0.152. The van der Waals surface area contributed by atoms with Crippen molar-refractivity contribution in [3.8, 4) is 0 Å². The second-order valence-electron chi connectivity index (χ2n) is 6.31. The molecule has 0 aromatic carbocycles.